The average Bonchev–Trinajstić information content (AvgIpc) is 2.98. The number of fused-ring (bicyclic) bond motifs is 1. The van der Waals surface area contributed by atoms with E-state index in [1.165, 1.54) is 11.3 Å². The van der Waals surface area contributed by atoms with Crippen LogP contribution < -0.4 is 10.6 Å². The number of aryl methyl sites for hydroxylation is 1. The van der Waals surface area contributed by atoms with Crippen LogP contribution in [-0.4, -0.2) is 12.5 Å². The number of thiophene rings is 1. The second kappa shape index (κ2) is 4.90. The molecule has 1 aromatic carbocycles. The van der Waals surface area contributed by atoms with Crippen LogP contribution in [0.15, 0.2) is 18.2 Å². The highest BCUT2D eigenvalue weighted by Crippen LogP contribution is 2.40. The summed E-state index contributed by atoms with van der Waals surface area (Å²) in [5, 5.41) is 9.87. The van der Waals surface area contributed by atoms with E-state index in [0.717, 1.165) is 40.2 Å². The lowest BCUT2D eigenvalue weighted by atomic mass is 9.99. The van der Waals surface area contributed by atoms with E-state index in [1.807, 2.05) is 19.1 Å². The van der Waals surface area contributed by atoms with E-state index in [9.17, 15) is 10.1 Å². The Bertz CT molecular complexity index is 786. The van der Waals surface area contributed by atoms with Crippen molar-refractivity contribution in [2.24, 2.45) is 0 Å². The average molecular weight is 297 g/mol. The highest BCUT2D eigenvalue weighted by atomic mass is 32.1. The van der Waals surface area contributed by atoms with Gasteiger partial charge in [-0.1, -0.05) is 6.07 Å². The normalized spacial score (nSPS) is 13.1. The molecule has 2 aromatic rings. The van der Waals surface area contributed by atoms with Crippen molar-refractivity contribution in [3.05, 3.63) is 34.2 Å². The van der Waals surface area contributed by atoms with Gasteiger partial charge >= 0.3 is 0 Å². The number of nitrogens with two attached hydrogens (primary N) is 1. The van der Waals surface area contributed by atoms with Crippen molar-refractivity contribution < 1.29 is 4.79 Å². The van der Waals surface area contributed by atoms with Gasteiger partial charge in [0.15, 0.2) is 0 Å². The molecular weight excluding hydrogens is 282 g/mol. The molecule has 0 bridgehead atoms. The fraction of sp³-hybridized carbons (Fsp3) is 0.250. The number of carbonyl (C=O) groups is 1. The highest BCUT2D eigenvalue weighted by Gasteiger charge is 2.23. The molecule has 1 aromatic heterocycles. The minimum atomic E-state index is 0.0650. The lowest BCUT2D eigenvalue weighted by Gasteiger charge is -2.15. The van der Waals surface area contributed by atoms with Crippen molar-refractivity contribution >= 4 is 27.9 Å². The number of hydrogen-bond acceptors (Lipinski definition) is 4. The van der Waals surface area contributed by atoms with Gasteiger partial charge in [-0.2, -0.15) is 5.26 Å². The van der Waals surface area contributed by atoms with Crippen LogP contribution in [0.2, 0.25) is 0 Å². The molecule has 0 aliphatic carbocycles. The summed E-state index contributed by atoms with van der Waals surface area (Å²) in [5.41, 5.74) is 10.5. The number of hydrogen-bond donors (Lipinski definition) is 1. The first-order valence-electron chi connectivity index (χ1n) is 6.73. The predicted molar refractivity (Wildman–Crippen MR) is 85.4 cm³/mol. The summed E-state index contributed by atoms with van der Waals surface area (Å²) in [6, 6.07) is 8.21. The second-order valence-corrected chi connectivity index (χ2v) is 6.40. The molecule has 3 rings (SSSR count). The summed E-state index contributed by atoms with van der Waals surface area (Å²) < 4.78 is 0. The zero-order chi connectivity index (χ0) is 15.1. The summed E-state index contributed by atoms with van der Waals surface area (Å²) in [6.07, 6.45) is 0.851. The third-order valence-electron chi connectivity index (χ3n) is 3.87. The molecule has 0 unspecified atom stereocenters. The van der Waals surface area contributed by atoms with E-state index in [0.29, 0.717) is 10.6 Å². The van der Waals surface area contributed by atoms with E-state index in [2.05, 4.69) is 12.1 Å². The van der Waals surface area contributed by atoms with Crippen molar-refractivity contribution in [1.29, 1.82) is 5.26 Å². The van der Waals surface area contributed by atoms with Gasteiger partial charge in [-0.25, -0.2) is 0 Å². The molecule has 1 aliphatic rings. The quantitative estimate of drug-likeness (QED) is 0.879. The highest BCUT2D eigenvalue weighted by molar-refractivity contribution is 7.16. The number of carbonyl (C=O) groups excluding carboxylic acids is 1. The summed E-state index contributed by atoms with van der Waals surface area (Å²) in [4.78, 5) is 14.4. The largest absolute Gasteiger partial charge is 0.389 e. The van der Waals surface area contributed by atoms with Gasteiger partial charge < -0.3 is 10.6 Å². The first kappa shape index (κ1) is 13.7. The Morgan fingerprint density at radius 2 is 2.24 bits per heavy atom. The van der Waals surface area contributed by atoms with Crippen molar-refractivity contribution in [2.75, 3.05) is 17.2 Å². The zero-order valence-electron chi connectivity index (χ0n) is 11.9. The molecule has 21 heavy (non-hydrogen) atoms. The Morgan fingerprint density at radius 3 is 2.90 bits per heavy atom. The SMILES string of the molecule is CC(=O)N1CCc2cc(-c3c(C)sc(N)c3C#N)ccc21. The standard InChI is InChI=1S/C16H15N3OS/c1-9-15(13(8-17)16(18)21-9)12-3-4-14-11(7-12)5-6-19(14)10(2)20/h3-4,7H,5-6,18H2,1-2H3. The van der Waals surface area contributed by atoms with E-state index in [1.54, 1.807) is 11.8 Å². The van der Waals surface area contributed by atoms with Crippen LogP contribution >= 0.6 is 11.3 Å². The van der Waals surface area contributed by atoms with E-state index in [4.69, 9.17) is 5.73 Å². The van der Waals surface area contributed by atoms with Gasteiger partial charge in [0.1, 0.15) is 11.1 Å². The maximum atomic E-state index is 11.6. The first-order chi connectivity index (χ1) is 10.0. The van der Waals surface area contributed by atoms with Gasteiger partial charge in [0.05, 0.1) is 5.56 Å². The molecule has 106 valence electrons. The molecular formula is C16H15N3OS. The smallest absolute Gasteiger partial charge is 0.223 e. The fourth-order valence-corrected chi connectivity index (χ4v) is 3.81. The summed E-state index contributed by atoms with van der Waals surface area (Å²) in [5.74, 6) is 0.0650. The number of nitriles is 1. The molecule has 0 atom stereocenters. The third kappa shape index (κ3) is 2.08. The number of benzene rings is 1. The Labute approximate surface area is 127 Å². The summed E-state index contributed by atoms with van der Waals surface area (Å²) >= 11 is 1.44. The van der Waals surface area contributed by atoms with Crippen molar-refractivity contribution in [3.8, 4) is 17.2 Å². The lowest BCUT2D eigenvalue weighted by molar-refractivity contribution is -0.116. The predicted octanol–water partition coefficient (Wildman–Crippen LogP) is 3.09. The van der Waals surface area contributed by atoms with Gasteiger partial charge in [-0.15, -0.1) is 11.3 Å². The van der Waals surface area contributed by atoms with Crippen molar-refractivity contribution in [2.45, 2.75) is 20.3 Å². The van der Waals surface area contributed by atoms with Crippen LogP contribution in [0, 0.1) is 18.3 Å². The van der Waals surface area contributed by atoms with Gasteiger partial charge in [0, 0.05) is 29.6 Å². The van der Waals surface area contributed by atoms with Crippen LogP contribution in [0.25, 0.3) is 11.1 Å². The second-order valence-electron chi connectivity index (χ2n) is 5.15. The van der Waals surface area contributed by atoms with Crippen LogP contribution in [0.3, 0.4) is 0 Å². The summed E-state index contributed by atoms with van der Waals surface area (Å²) in [7, 11) is 0. The topological polar surface area (TPSA) is 70.1 Å². The van der Waals surface area contributed by atoms with Gasteiger partial charge in [-0.05, 0) is 36.6 Å². The maximum Gasteiger partial charge on any atom is 0.223 e. The molecule has 0 radical (unpaired) electrons. The van der Waals surface area contributed by atoms with Gasteiger partial charge in [0.2, 0.25) is 5.91 Å². The molecule has 2 heterocycles. The first-order valence-corrected chi connectivity index (χ1v) is 7.55. The zero-order valence-corrected chi connectivity index (χ0v) is 12.8. The minimum absolute atomic E-state index is 0.0650. The molecule has 5 heteroatoms. The molecule has 4 nitrogen and oxygen atoms in total. The van der Waals surface area contributed by atoms with Crippen molar-refractivity contribution in [3.63, 3.8) is 0 Å². The monoisotopic (exact) mass is 297 g/mol. The minimum Gasteiger partial charge on any atom is -0.389 e. The van der Waals surface area contributed by atoms with Crippen LogP contribution in [0.1, 0.15) is 22.9 Å². The van der Waals surface area contributed by atoms with Crippen molar-refractivity contribution in [1.82, 2.24) is 0 Å². The number of nitrogens with zero attached hydrogens (tertiary/aromatic N) is 2. The number of anilines is 2. The molecule has 1 aliphatic heterocycles. The molecule has 1 amide bonds. The van der Waals surface area contributed by atoms with Crippen LogP contribution in [-0.2, 0) is 11.2 Å². The van der Waals surface area contributed by atoms with Gasteiger partial charge in [-0.3, -0.25) is 4.79 Å². The number of nitrogen functional groups attached to an aromatic ring is 1. The Morgan fingerprint density at radius 1 is 1.48 bits per heavy atom. The Hall–Kier alpha value is -2.32. The fourth-order valence-electron chi connectivity index (χ4n) is 2.91. The van der Waals surface area contributed by atoms with E-state index >= 15 is 0 Å². The van der Waals surface area contributed by atoms with E-state index in [-0.39, 0.29) is 5.91 Å². The summed E-state index contributed by atoms with van der Waals surface area (Å²) in [6.45, 7) is 4.29. The molecule has 0 spiro atoms. The Balaban J connectivity index is 2.12. The molecule has 2 N–H and O–H groups in total. The number of amides is 1. The third-order valence-corrected chi connectivity index (χ3v) is 4.80. The Kier molecular flexibility index (Phi) is 3.19. The van der Waals surface area contributed by atoms with Gasteiger partial charge in [0.25, 0.3) is 0 Å². The van der Waals surface area contributed by atoms with E-state index < -0.39 is 0 Å². The van der Waals surface area contributed by atoms with Crippen LogP contribution in [0.5, 0.6) is 0 Å². The maximum absolute atomic E-state index is 11.6. The molecule has 0 saturated heterocycles. The molecule has 0 saturated carbocycles. The number of rotatable bonds is 1. The van der Waals surface area contributed by atoms with Crippen LogP contribution in [0.4, 0.5) is 10.7 Å². The lowest BCUT2D eigenvalue weighted by Crippen LogP contribution is -2.25. The molecule has 0 fully saturated rings.